The zero-order chi connectivity index (χ0) is 16.0. The fourth-order valence-corrected chi connectivity index (χ4v) is 2.97. The van der Waals surface area contributed by atoms with Gasteiger partial charge in [0, 0.05) is 22.5 Å². The Morgan fingerprint density at radius 1 is 0.682 bits per heavy atom. The van der Waals surface area contributed by atoms with Crippen LogP contribution < -0.4 is 0 Å². The Hall–Kier alpha value is -2.62. The minimum Gasteiger partial charge on any atom is -0.358 e. The highest BCUT2D eigenvalue weighted by Gasteiger charge is 2.25. The van der Waals surface area contributed by atoms with Crippen molar-refractivity contribution < 1.29 is 9.59 Å². The van der Waals surface area contributed by atoms with Crippen LogP contribution in [-0.2, 0) is 9.59 Å². The number of nitrogens with one attached hydrogen (secondary N) is 2. The van der Waals surface area contributed by atoms with Crippen molar-refractivity contribution in [3.05, 3.63) is 58.2 Å². The van der Waals surface area contributed by atoms with Crippen LogP contribution in [0.5, 0.6) is 0 Å². The number of rotatable bonds is 2. The quantitative estimate of drug-likeness (QED) is 0.835. The molecule has 0 spiro atoms. The summed E-state index contributed by atoms with van der Waals surface area (Å²) < 4.78 is 0. The lowest BCUT2D eigenvalue weighted by Crippen LogP contribution is -2.13. The summed E-state index contributed by atoms with van der Waals surface area (Å²) in [6.07, 6.45) is 2.87. The van der Waals surface area contributed by atoms with E-state index in [1.807, 2.05) is 39.8 Å². The molecule has 4 heteroatoms. The van der Waals surface area contributed by atoms with Gasteiger partial charge in [-0.25, -0.2) is 0 Å². The first-order valence-electron chi connectivity index (χ1n) is 7.22. The molecule has 1 aliphatic rings. The topological polar surface area (TPSA) is 65.7 Å². The van der Waals surface area contributed by atoms with E-state index in [1.165, 1.54) is 12.2 Å². The van der Waals surface area contributed by atoms with Gasteiger partial charge in [-0.05, 0) is 63.1 Å². The maximum absolute atomic E-state index is 12.5. The number of carbonyl (C=O) groups excluding carboxylic acids is 2. The van der Waals surface area contributed by atoms with Gasteiger partial charge >= 0.3 is 0 Å². The zero-order valence-electron chi connectivity index (χ0n) is 13.1. The van der Waals surface area contributed by atoms with Crippen LogP contribution in [0.2, 0.25) is 0 Å². The van der Waals surface area contributed by atoms with Crippen LogP contribution in [0.15, 0.2) is 24.3 Å². The number of aryl methyl sites for hydroxylation is 4. The highest BCUT2D eigenvalue weighted by Crippen LogP contribution is 2.29. The van der Waals surface area contributed by atoms with Crippen LogP contribution in [0.3, 0.4) is 0 Å². The Labute approximate surface area is 128 Å². The van der Waals surface area contributed by atoms with Crippen LogP contribution in [0.1, 0.15) is 33.9 Å². The monoisotopic (exact) mass is 294 g/mol. The molecule has 0 aliphatic heterocycles. The molecule has 0 fully saturated rings. The number of hydrogen-bond acceptors (Lipinski definition) is 2. The molecule has 0 saturated carbocycles. The van der Waals surface area contributed by atoms with Crippen molar-refractivity contribution in [1.29, 1.82) is 0 Å². The van der Waals surface area contributed by atoms with Crippen molar-refractivity contribution in [2.24, 2.45) is 0 Å². The molecule has 2 aromatic heterocycles. The number of allylic oxidation sites excluding steroid dienone is 4. The summed E-state index contributed by atoms with van der Waals surface area (Å²) in [7, 11) is 0. The summed E-state index contributed by atoms with van der Waals surface area (Å²) in [6, 6.07) is 3.93. The second-order valence-electron chi connectivity index (χ2n) is 5.87. The third-order valence-electron chi connectivity index (χ3n) is 3.92. The van der Waals surface area contributed by atoms with E-state index in [1.54, 1.807) is 0 Å². The summed E-state index contributed by atoms with van der Waals surface area (Å²) in [5.41, 5.74) is 6.19. The van der Waals surface area contributed by atoms with E-state index < -0.39 is 0 Å². The summed E-state index contributed by atoms with van der Waals surface area (Å²) in [5.74, 6) is -0.294. The van der Waals surface area contributed by atoms with Crippen molar-refractivity contribution in [3.63, 3.8) is 0 Å². The van der Waals surface area contributed by atoms with E-state index in [4.69, 9.17) is 0 Å². The molecular formula is C18H18N2O2. The van der Waals surface area contributed by atoms with Gasteiger partial charge in [-0.1, -0.05) is 0 Å². The smallest absolute Gasteiger partial charge is 0.188 e. The molecule has 0 saturated heterocycles. The summed E-state index contributed by atoms with van der Waals surface area (Å²) in [5, 5.41) is 0. The fraction of sp³-hybridized carbons (Fsp3) is 0.222. The second-order valence-corrected chi connectivity index (χ2v) is 5.87. The third-order valence-corrected chi connectivity index (χ3v) is 3.92. The fourth-order valence-electron chi connectivity index (χ4n) is 2.97. The van der Waals surface area contributed by atoms with E-state index in [2.05, 4.69) is 9.97 Å². The van der Waals surface area contributed by atoms with E-state index >= 15 is 0 Å². The van der Waals surface area contributed by atoms with Gasteiger partial charge in [0.25, 0.3) is 0 Å². The van der Waals surface area contributed by atoms with Crippen LogP contribution in [0, 0.1) is 27.7 Å². The Balaban J connectivity index is 2.04. The van der Waals surface area contributed by atoms with Crippen LogP contribution >= 0.6 is 0 Å². The normalized spacial score (nSPS) is 15.1. The number of ketones is 2. The van der Waals surface area contributed by atoms with Gasteiger partial charge in [-0.15, -0.1) is 0 Å². The summed E-state index contributed by atoms with van der Waals surface area (Å²) >= 11 is 0. The first kappa shape index (κ1) is 14.3. The first-order chi connectivity index (χ1) is 10.4. The van der Waals surface area contributed by atoms with E-state index in [9.17, 15) is 9.59 Å². The van der Waals surface area contributed by atoms with Crippen LogP contribution in [0.4, 0.5) is 0 Å². The van der Waals surface area contributed by atoms with Gasteiger partial charge in [0.1, 0.15) is 0 Å². The molecule has 0 bridgehead atoms. The molecule has 112 valence electrons. The predicted molar refractivity (Wildman–Crippen MR) is 86.5 cm³/mol. The maximum Gasteiger partial charge on any atom is 0.188 e. The SMILES string of the molecule is Cc1cc(C)c(C2=CC(=O)C(c3[nH]c(C)cc3C)=CC2=O)[nH]1. The Morgan fingerprint density at radius 3 is 1.32 bits per heavy atom. The zero-order valence-corrected chi connectivity index (χ0v) is 13.1. The Morgan fingerprint density at radius 2 is 1.05 bits per heavy atom. The van der Waals surface area contributed by atoms with Gasteiger partial charge in [-0.3, -0.25) is 9.59 Å². The molecule has 0 amide bonds. The second kappa shape index (κ2) is 4.98. The van der Waals surface area contributed by atoms with Crippen molar-refractivity contribution in [2.75, 3.05) is 0 Å². The maximum atomic E-state index is 12.5. The minimum absolute atomic E-state index is 0.147. The largest absolute Gasteiger partial charge is 0.358 e. The number of carbonyl (C=O) groups is 2. The number of hydrogen-bond donors (Lipinski definition) is 2. The number of H-pyrrole nitrogens is 2. The minimum atomic E-state index is -0.147. The highest BCUT2D eigenvalue weighted by atomic mass is 16.1. The van der Waals surface area contributed by atoms with Gasteiger partial charge < -0.3 is 9.97 Å². The molecule has 1 aliphatic carbocycles. The molecule has 2 aromatic rings. The number of aromatic nitrogens is 2. The molecule has 4 nitrogen and oxygen atoms in total. The predicted octanol–water partition coefficient (Wildman–Crippen LogP) is 3.20. The average molecular weight is 294 g/mol. The molecule has 0 unspecified atom stereocenters. The molecule has 22 heavy (non-hydrogen) atoms. The molecule has 0 atom stereocenters. The summed E-state index contributed by atoms with van der Waals surface area (Å²) in [4.78, 5) is 31.3. The molecule has 0 aromatic carbocycles. The molecular weight excluding hydrogens is 276 g/mol. The van der Waals surface area contributed by atoms with Gasteiger partial charge in [-0.2, -0.15) is 0 Å². The van der Waals surface area contributed by atoms with Crippen molar-refractivity contribution in [3.8, 4) is 0 Å². The standard InChI is InChI=1S/C18H18N2O2/c1-9-5-11(3)19-17(9)13-7-16(22)14(8-15(13)21)18-10(2)6-12(4)20-18/h5-8,19-20H,1-4H3. The van der Waals surface area contributed by atoms with Crippen LogP contribution in [-0.4, -0.2) is 21.5 Å². The van der Waals surface area contributed by atoms with Crippen molar-refractivity contribution in [1.82, 2.24) is 9.97 Å². The molecule has 2 heterocycles. The Kier molecular flexibility index (Phi) is 3.24. The molecule has 0 radical (unpaired) electrons. The van der Waals surface area contributed by atoms with E-state index in [0.717, 1.165) is 33.9 Å². The molecule has 3 rings (SSSR count). The van der Waals surface area contributed by atoms with Gasteiger partial charge in [0.05, 0.1) is 11.4 Å². The lowest BCUT2D eigenvalue weighted by molar-refractivity contribution is -0.112. The lowest BCUT2D eigenvalue weighted by Gasteiger charge is -2.12. The van der Waals surface area contributed by atoms with Crippen molar-refractivity contribution >= 4 is 22.7 Å². The van der Waals surface area contributed by atoms with Crippen molar-refractivity contribution in [2.45, 2.75) is 27.7 Å². The highest BCUT2D eigenvalue weighted by molar-refractivity contribution is 6.43. The van der Waals surface area contributed by atoms with Crippen LogP contribution in [0.25, 0.3) is 11.1 Å². The average Bonchev–Trinajstić information content (AvgIpc) is 2.93. The van der Waals surface area contributed by atoms with E-state index in [-0.39, 0.29) is 11.6 Å². The lowest BCUT2D eigenvalue weighted by atomic mass is 9.91. The molecule has 2 N–H and O–H groups in total. The Bertz CT molecular complexity index is 788. The van der Waals surface area contributed by atoms with Gasteiger partial charge in [0.2, 0.25) is 0 Å². The van der Waals surface area contributed by atoms with Gasteiger partial charge in [0.15, 0.2) is 11.6 Å². The number of aromatic amines is 2. The first-order valence-corrected chi connectivity index (χ1v) is 7.22. The summed E-state index contributed by atoms with van der Waals surface area (Å²) in [6.45, 7) is 7.71. The van der Waals surface area contributed by atoms with E-state index in [0.29, 0.717) is 11.1 Å². The third kappa shape index (κ3) is 2.26.